The highest BCUT2D eigenvalue weighted by Gasteiger charge is 2.22. The van der Waals surface area contributed by atoms with Crippen molar-refractivity contribution in [2.75, 3.05) is 32.8 Å². The molecule has 1 fully saturated rings. The van der Waals surface area contributed by atoms with E-state index in [2.05, 4.69) is 37.1 Å². The largest absolute Gasteiger partial charge is 0.379 e. The molecule has 1 atom stereocenters. The molecular weight excluding hydrogens is 288 g/mol. The molecule has 0 saturated carbocycles. The Kier molecular flexibility index (Phi) is 7.06. The smallest absolute Gasteiger partial charge is 0.224 e. The Balaban J connectivity index is 1.86. The molecular formula is C19H30N2O2. The maximum absolute atomic E-state index is 12.3. The summed E-state index contributed by atoms with van der Waals surface area (Å²) in [6.45, 7) is 10.8. The predicted molar refractivity (Wildman–Crippen MR) is 93.5 cm³/mol. The minimum Gasteiger partial charge on any atom is -0.379 e. The first kappa shape index (κ1) is 18.0. The van der Waals surface area contributed by atoms with Gasteiger partial charge in [0.25, 0.3) is 0 Å². The molecule has 1 saturated heterocycles. The Bertz CT molecular complexity index is 496. The quantitative estimate of drug-likeness (QED) is 0.839. The van der Waals surface area contributed by atoms with Crippen molar-refractivity contribution < 1.29 is 9.53 Å². The summed E-state index contributed by atoms with van der Waals surface area (Å²) in [5.41, 5.74) is 2.28. The minimum absolute atomic E-state index is 0.112. The number of aryl methyl sites for hydroxylation is 1. The molecule has 4 heteroatoms. The third-order valence-corrected chi connectivity index (χ3v) is 4.45. The van der Waals surface area contributed by atoms with Gasteiger partial charge in [0.2, 0.25) is 5.91 Å². The number of rotatable bonds is 7. The van der Waals surface area contributed by atoms with Gasteiger partial charge >= 0.3 is 0 Å². The maximum atomic E-state index is 12.3. The second-order valence-corrected chi connectivity index (χ2v) is 6.84. The molecule has 1 aromatic rings. The molecule has 0 spiro atoms. The van der Waals surface area contributed by atoms with Crippen molar-refractivity contribution in [1.82, 2.24) is 10.2 Å². The van der Waals surface area contributed by atoms with Crippen LogP contribution in [0.4, 0.5) is 0 Å². The van der Waals surface area contributed by atoms with E-state index in [9.17, 15) is 4.79 Å². The molecule has 0 aliphatic carbocycles. The lowest BCUT2D eigenvalue weighted by Crippen LogP contribution is -2.49. The first-order chi connectivity index (χ1) is 11.1. The van der Waals surface area contributed by atoms with Crippen molar-refractivity contribution in [2.24, 2.45) is 5.92 Å². The van der Waals surface area contributed by atoms with Gasteiger partial charge in [-0.2, -0.15) is 0 Å². The first-order valence-corrected chi connectivity index (χ1v) is 8.69. The normalized spacial score (nSPS) is 17.2. The summed E-state index contributed by atoms with van der Waals surface area (Å²) in [6.07, 6.45) is 1.56. The van der Waals surface area contributed by atoms with Crippen LogP contribution in [0.5, 0.6) is 0 Å². The van der Waals surface area contributed by atoms with E-state index in [-0.39, 0.29) is 5.91 Å². The SMILES string of the molecule is Cc1ccccc1CC(=O)NCC(CC(C)C)N1CCOCC1. The van der Waals surface area contributed by atoms with Crippen molar-refractivity contribution in [1.29, 1.82) is 0 Å². The van der Waals surface area contributed by atoms with Gasteiger partial charge in [-0.3, -0.25) is 9.69 Å². The second-order valence-electron chi connectivity index (χ2n) is 6.84. The summed E-state index contributed by atoms with van der Waals surface area (Å²) in [6, 6.07) is 8.49. The van der Waals surface area contributed by atoms with Crippen LogP contribution in [0.2, 0.25) is 0 Å². The van der Waals surface area contributed by atoms with Gasteiger partial charge in [0.15, 0.2) is 0 Å². The predicted octanol–water partition coefficient (Wildman–Crippen LogP) is 2.40. The van der Waals surface area contributed by atoms with E-state index in [1.54, 1.807) is 0 Å². The Hall–Kier alpha value is -1.39. The number of hydrogen-bond donors (Lipinski definition) is 1. The molecule has 1 N–H and O–H groups in total. The van der Waals surface area contributed by atoms with Gasteiger partial charge in [-0.15, -0.1) is 0 Å². The van der Waals surface area contributed by atoms with Crippen LogP contribution in [0.1, 0.15) is 31.4 Å². The first-order valence-electron chi connectivity index (χ1n) is 8.69. The van der Waals surface area contributed by atoms with Gasteiger partial charge in [0.05, 0.1) is 19.6 Å². The number of carbonyl (C=O) groups excluding carboxylic acids is 1. The molecule has 1 heterocycles. The van der Waals surface area contributed by atoms with E-state index in [1.165, 1.54) is 5.56 Å². The third kappa shape index (κ3) is 5.96. The van der Waals surface area contributed by atoms with Gasteiger partial charge in [0.1, 0.15) is 0 Å². The van der Waals surface area contributed by atoms with Crippen LogP contribution in [0, 0.1) is 12.8 Å². The van der Waals surface area contributed by atoms with Crippen LogP contribution in [-0.4, -0.2) is 49.7 Å². The number of benzene rings is 1. The van der Waals surface area contributed by atoms with Gasteiger partial charge in [0, 0.05) is 25.7 Å². The van der Waals surface area contributed by atoms with Gasteiger partial charge in [-0.05, 0) is 30.4 Å². The van der Waals surface area contributed by atoms with Crippen LogP contribution in [-0.2, 0) is 16.0 Å². The minimum atomic E-state index is 0.112. The van der Waals surface area contributed by atoms with Crippen molar-refractivity contribution in [3.63, 3.8) is 0 Å². The Morgan fingerprint density at radius 2 is 1.96 bits per heavy atom. The van der Waals surface area contributed by atoms with Gasteiger partial charge < -0.3 is 10.1 Å². The van der Waals surface area contributed by atoms with Crippen LogP contribution in [0.25, 0.3) is 0 Å². The average molecular weight is 318 g/mol. The lowest BCUT2D eigenvalue weighted by molar-refractivity contribution is -0.120. The van der Waals surface area contributed by atoms with E-state index >= 15 is 0 Å². The lowest BCUT2D eigenvalue weighted by Gasteiger charge is -2.35. The maximum Gasteiger partial charge on any atom is 0.224 e. The monoisotopic (exact) mass is 318 g/mol. The Labute approximate surface area is 140 Å². The number of nitrogens with zero attached hydrogens (tertiary/aromatic N) is 1. The molecule has 1 aliphatic heterocycles. The summed E-state index contributed by atoms with van der Waals surface area (Å²) in [4.78, 5) is 14.7. The van der Waals surface area contributed by atoms with Gasteiger partial charge in [-0.1, -0.05) is 38.1 Å². The Morgan fingerprint density at radius 3 is 2.61 bits per heavy atom. The van der Waals surface area contributed by atoms with Crippen LogP contribution < -0.4 is 5.32 Å². The molecule has 128 valence electrons. The second kappa shape index (κ2) is 9.04. The van der Waals surface area contributed by atoms with Crippen molar-refractivity contribution in [3.05, 3.63) is 35.4 Å². The molecule has 23 heavy (non-hydrogen) atoms. The number of amides is 1. The molecule has 0 radical (unpaired) electrons. The molecule has 4 nitrogen and oxygen atoms in total. The van der Waals surface area contributed by atoms with E-state index in [0.29, 0.717) is 18.4 Å². The fraction of sp³-hybridized carbons (Fsp3) is 0.632. The van der Waals surface area contributed by atoms with Crippen LogP contribution >= 0.6 is 0 Å². The lowest BCUT2D eigenvalue weighted by atomic mass is 10.0. The zero-order chi connectivity index (χ0) is 16.7. The van der Waals surface area contributed by atoms with E-state index < -0.39 is 0 Å². The topological polar surface area (TPSA) is 41.6 Å². The van der Waals surface area contributed by atoms with Crippen molar-refractivity contribution in [2.45, 2.75) is 39.7 Å². The zero-order valence-electron chi connectivity index (χ0n) is 14.7. The molecule has 1 amide bonds. The van der Waals surface area contributed by atoms with E-state index in [4.69, 9.17) is 4.74 Å². The van der Waals surface area contributed by atoms with E-state index in [0.717, 1.165) is 44.8 Å². The molecule has 0 aromatic heterocycles. The summed E-state index contributed by atoms with van der Waals surface area (Å²) < 4.78 is 5.44. The Morgan fingerprint density at radius 1 is 1.26 bits per heavy atom. The molecule has 2 rings (SSSR count). The fourth-order valence-electron chi connectivity index (χ4n) is 3.12. The van der Waals surface area contributed by atoms with Crippen LogP contribution in [0.3, 0.4) is 0 Å². The zero-order valence-corrected chi connectivity index (χ0v) is 14.7. The molecule has 1 aliphatic rings. The van der Waals surface area contributed by atoms with Gasteiger partial charge in [-0.25, -0.2) is 0 Å². The highest BCUT2D eigenvalue weighted by Crippen LogP contribution is 2.13. The van der Waals surface area contributed by atoms with Crippen molar-refractivity contribution in [3.8, 4) is 0 Å². The summed E-state index contributed by atoms with van der Waals surface area (Å²) in [5, 5.41) is 3.14. The fourth-order valence-corrected chi connectivity index (χ4v) is 3.12. The molecule has 0 bridgehead atoms. The number of hydrogen-bond acceptors (Lipinski definition) is 3. The summed E-state index contributed by atoms with van der Waals surface area (Å²) >= 11 is 0. The third-order valence-electron chi connectivity index (χ3n) is 4.45. The molecule has 1 unspecified atom stereocenters. The highest BCUT2D eigenvalue weighted by atomic mass is 16.5. The summed E-state index contributed by atoms with van der Waals surface area (Å²) in [5.74, 6) is 0.734. The van der Waals surface area contributed by atoms with Crippen LogP contribution in [0.15, 0.2) is 24.3 Å². The number of morpholine rings is 1. The van der Waals surface area contributed by atoms with Crippen molar-refractivity contribution >= 4 is 5.91 Å². The standard InChI is InChI=1S/C19H30N2O2/c1-15(2)12-18(21-8-10-23-11-9-21)14-20-19(22)13-17-7-5-4-6-16(17)3/h4-7,15,18H,8-14H2,1-3H3,(H,20,22). The molecule has 1 aromatic carbocycles. The summed E-state index contributed by atoms with van der Waals surface area (Å²) in [7, 11) is 0. The number of carbonyl (C=O) groups is 1. The number of ether oxygens (including phenoxy) is 1. The average Bonchev–Trinajstić information content (AvgIpc) is 2.54. The number of nitrogens with one attached hydrogen (secondary N) is 1. The van der Waals surface area contributed by atoms with E-state index in [1.807, 2.05) is 18.2 Å². The highest BCUT2D eigenvalue weighted by molar-refractivity contribution is 5.78.